The van der Waals surface area contributed by atoms with E-state index in [0.29, 0.717) is 19.1 Å². The molecule has 1 heterocycles. The van der Waals surface area contributed by atoms with Crippen molar-refractivity contribution in [1.82, 2.24) is 15.1 Å². The van der Waals surface area contributed by atoms with Crippen LogP contribution in [0.5, 0.6) is 5.75 Å². The fourth-order valence-corrected chi connectivity index (χ4v) is 3.85. The molecule has 1 saturated carbocycles. The van der Waals surface area contributed by atoms with Gasteiger partial charge in [-0.1, -0.05) is 38.1 Å². The molecule has 0 bridgehead atoms. The first-order valence-corrected chi connectivity index (χ1v) is 11.3. The van der Waals surface area contributed by atoms with Crippen molar-refractivity contribution in [2.45, 2.75) is 32.6 Å². The average molecular weight is 430 g/mol. The fourth-order valence-electron chi connectivity index (χ4n) is 3.85. The minimum absolute atomic E-state index is 0.0132. The van der Waals surface area contributed by atoms with Crippen LogP contribution in [0, 0.1) is 11.8 Å². The SMILES string of the molecule is C=CCNC(=O)C1CC1c1cn(-c2ccccc2)nc1-c1ccc(OCCC(C)C)cc1. The largest absolute Gasteiger partial charge is 0.494 e. The third-order valence-electron chi connectivity index (χ3n) is 5.80. The van der Waals surface area contributed by atoms with Crippen LogP contribution in [0.25, 0.3) is 16.9 Å². The predicted octanol–water partition coefficient (Wildman–Crippen LogP) is 5.37. The van der Waals surface area contributed by atoms with Crippen LogP contribution in [0.1, 0.15) is 38.2 Å². The highest BCUT2D eigenvalue weighted by molar-refractivity contribution is 5.84. The number of carbonyl (C=O) groups is 1. The van der Waals surface area contributed by atoms with E-state index in [1.54, 1.807) is 6.08 Å². The lowest BCUT2D eigenvalue weighted by Crippen LogP contribution is -2.25. The lowest BCUT2D eigenvalue weighted by atomic mass is 10.0. The molecule has 32 heavy (non-hydrogen) atoms. The highest BCUT2D eigenvalue weighted by Gasteiger charge is 2.45. The number of aromatic nitrogens is 2. The van der Waals surface area contributed by atoms with Crippen LogP contribution in [0.4, 0.5) is 0 Å². The Kier molecular flexibility index (Phi) is 6.74. The zero-order chi connectivity index (χ0) is 22.5. The van der Waals surface area contributed by atoms with E-state index in [1.165, 1.54) is 0 Å². The van der Waals surface area contributed by atoms with Gasteiger partial charge in [-0.25, -0.2) is 4.68 Å². The molecule has 2 aromatic carbocycles. The van der Waals surface area contributed by atoms with Gasteiger partial charge in [-0.3, -0.25) is 4.79 Å². The third kappa shape index (κ3) is 5.10. The molecular weight excluding hydrogens is 398 g/mol. The molecule has 5 heteroatoms. The summed E-state index contributed by atoms with van der Waals surface area (Å²) >= 11 is 0. The zero-order valence-electron chi connectivity index (χ0n) is 18.8. The average Bonchev–Trinajstić information content (AvgIpc) is 3.49. The van der Waals surface area contributed by atoms with E-state index < -0.39 is 0 Å². The van der Waals surface area contributed by atoms with E-state index in [0.717, 1.165) is 41.1 Å². The van der Waals surface area contributed by atoms with E-state index in [9.17, 15) is 4.79 Å². The van der Waals surface area contributed by atoms with Crippen molar-refractivity contribution in [3.05, 3.63) is 79.0 Å². The molecule has 2 unspecified atom stereocenters. The van der Waals surface area contributed by atoms with Crippen LogP contribution in [0.2, 0.25) is 0 Å². The molecular formula is C27H31N3O2. The molecule has 1 aliphatic carbocycles. The standard InChI is InChI=1S/C27H31N3O2/c1-4-15-28-27(31)24-17-23(24)25-18-30(21-8-6-5-7-9-21)29-26(25)20-10-12-22(13-11-20)32-16-14-19(2)3/h4-13,18-19,23-24H,1,14-17H2,2-3H3,(H,28,31). The van der Waals surface area contributed by atoms with Crippen molar-refractivity contribution in [2.24, 2.45) is 11.8 Å². The van der Waals surface area contributed by atoms with Crippen molar-refractivity contribution in [2.75, 3.05) is 13.2 Å². The first-order chi connectivity index (χ1) is 15.6. The summed E-state index contributed by atoms with van der Waals surface area (Å²) in [6, 6.07) is 18.2. The molecule has 0 spiro atoms. The van der Waals surface area contributed by atoms with Gasteiger partial charge in [0.2, 0.25) is 5.91 Å². The van der Waals surface area contributed by atoms with E-state index in [-0.39, 0.29) is 17.7 Å². The Morgan fingerprint density at radius 3 is 2.66 bits per heavy atom. The third-order valence-corrected chi connectivity index (χ3v) is 5.80. The van der Waals surface area contributed by atoms with Crippen LogP contribution in [0.15, 0.2) is 73.4 Å². The number of ether oxygens (including phenoxy) is 1. The van der Waals surface area contributed by atoms with Gasteiger partial charge >= 0.3 is 0 Å². The van der Waals surface area contributed by atoms with Crippen molar-refractivity contribution in [3.63, 3.8) is 0 Å². The first-order valence-electron chi connectivity index (χ1n) is 11.3. The number of para-hydroxylation sites is 1. The summed E-state index contributed by atoms with van der Waals surface area (Å²) < 4.78 is 7.78. The summed E-state index contributed by atoms with van der Waals surface area (Å²) in [5.41, 5.74) is 4.07. The Hall–Kier alpha value is -3.34. The number of carbonyl (C=O) groups excluding carboxylic acids is 1. The Labute approximate surface area is 190 Å². The molecule has 4 rings (SSSR count). The minimum Gasteiger partial charge on any atom is -0.494 e. The molecule has 1 aliphatic rings. The Bertz CT molecular complexity index is 1050. The lowest BCUT2D eigenvalue weighted by Gasteiger charge is -2.09. The Morgan fingerprint density at radius 1 is 1.22 bits per heavy atom. The highest BCUT2D eigenvalue weighted by Crippen LogP contribution is 2.50. The molecule has 5 nitrogen and oxygen atoms in total. The second-order valence-corrected chi connectivity index (χ2v) is 8.75. The topological polar surface area (TPSA) is 56.2 Å². The molecule has 1 N–H and O–H groups in total. The van der Waals surface area contributed by atoms with E-state index in [1.807, 2.05) is 47.1 Å². The molecule has 0 saturated heterocycles. The Morgan fingerprint density at radius 2 is 1.97 bits per heavy atom. The molecule has 1 amide bonds. The van der Waals surface area contributed by atoms with Gasteiger partial charge in [-0.15, -0.1) is 6.58 Å². The number of hydrogen-bond acceptors (Lipinski definition) is 3. The quantitative estimate of drug-likeness (QED) is 0.441. The smallest absolute Gasteiger partial charge is 0.223 e. The van der Waals surface area contributed by atoms with Gasteiger partial charge in [0.1, 0.15) is 5.75 Å². The lowest BCUT2D eigenvalue weighted by molar-refractivity contribution is -0.122. The van der Waals surface area contributed by atoms with Crippen molar-refractivity contribution < 1.29 is 9.53 Å². The number of rotatable bonds is 10. The number of hydrogen-bond donors (Lipinski definition) is 1. The van der Waals surface area contributed by atoms with Crippen molar-refractivity contribution in [3.8, 4) is 22.7 Å². The van der Waals surface area contributed by atoms with Gasteiger partial charge in [-0.05, 0) is 61.1 Å². The summed E-state index contributed by atoms with van der Waals surface area (Å²) in [4.78, 5) is 12.5. The fraction of sp³-hybridized carbons (Fsp3) is 0.333. The van der Waals surface area contributed by atoms with Crippen LogP contribution < -0.4 is 10.1 Å². The maximum Gasteiger partial charge on any atom is 0.223 e. The van der Waals surface area contributed by atoms with Gasteiger partial charge in [0.25, 0.3) is 0 Å². The summed E-state index contributed by atoms with van der Waals surface area (Å²) in [6.07, 6.45) is 5.65. The molecule has 0 aliphatic heterocycles. The molecule has 0 radical (unpaired) electrons. The molecule has 2 atom stereocenters. The number of benzene rings is 2. The summed E-state index contributed by atoms with van der Waals surface area (Å²) in [5.74, 6) is 1.73. The van der Waals surface area contributed by atoms with Gasteiger partial charge in [-0.2, -0.15) is 5.10 Å². The monoisotopic (exact) mass is 429 g/mol. The first kappa shape index (κ1) is 21.9. The van der Waals surface area contributed by atoms with E-state index in [2.05, 4.69) is 44.1 Å². The predicted molar refractivity (Wildman–Crippen MR) is 128 cm³/mol. The van der Waals surface area contributed by atoms with Gasteiger partial charge in [0.15, 0.2) is 0 Å². The van der Waals surface area contributed by atoms with Crippen LogP contribution in [-0.2, 0) is 4.79 Å². The minimum atomic E-state index is -0.0132. The van der Waals surface area contributed by atoms with Gasteiger partial charge in [0, 0.05) is 29.8 Å². The van der Waals surface area contributed by atoms with E-state index >= 15 is 0 Å². The number of amides is 1. The second-order valence-electron chi connectivity index (χ2n) is 8.75. The maximum atomic E-state index is 12.5. The van der Waals surface area contributed by atoms with Gasteiger partial charge in [0.05, 0.1) is 18.0 Å². The normalized spacial score (nSPS) is 17.2. The van der Waals surface area contributed by atoms with Crippen LogP contribution in [-0.4, -0.2) is 28.8 Å². The molecule has 1 fully saturated rings. The number of nitrogens with zero attached hydrogens (tertiary/aromatic N) is 2. The second kappa shape index (κ2) is 9.86. The summed E-state index contributed by atoms with van der Waals surface area (Å²) in [7, 11) is 0. The van der Waals surface area contributed by atoms with Crippen LogP contribution >= 0.6 is 0 Å². The van der Waals surface area contributed by atoms with Crippen molar-refractivity contribution >= 4 is 5.91 Å². The highest BCUT2D eigenvalue weighted by atomic mass is 16.5. The van der Waals surface area contributed by atoms with Crippen molar-refractivity contribution in [1.29, 1.82) is 0 Å². The molecule has 1 aromatic heterocycles. The zero-order valence-corrected chi connectivity index (χ0v) is 18.8. The summed E-state index contributed by atoms with van der Waals surface area (Å²) in [6.45, 7) is 9.28. The van der Waals surface area contributed by atoms with Gasteiger partial charge < -0.3 is 10.1 Å². The van der Waals surface area contributed by atoms with E-state index in [4.69, 9.17) is 9.84 Å². The molecule has 166 valence electrons. The number of nitrogens with one attached hydrogen (secondary N) is 1. The van der Waals surface area contributed by atoms with Crippen LogP contribution in [0.3, 0.4) is 0 Å². The summed E-state index contributed by atoms with van der Waals surface area (Å²) in [5, 5.41) is 7.84. The maximum absolute atomic E-state index is 12.5. The Balaban J connectivity index is 1.59. The molecule has 3 aromatic rings.